The molecule has 0 spiro atoms. The molecule has 2 aromatic carbocycles. The van der Waals surface area contributed by atoms with Crippen LogP contribution in [0.3, 0.4) is 0 Å². The molecule has 0 unspecified atom stereocenters. The molecule has 0 aliphatic carbocycles. The second kappa shape index (κ2) is 9.64. The Labute approximate surface area is 163 Å². The minimum absolute atomic E-state index is 0.191. The van der Waals surface area contributed by atoms with Gasteiger partial charge in [-0.25, -0.2) is 13.5 Å². The average Bonchev–Trinajstić information content (AvgIpc) is 3.17. The van der Waals surface area contributed by atoms with Crippen molar-refractivity contribution in [3.63, 3.8) is 0 Å². The maximum atomic E-state index is 13.6. The molecule has 0 radical (unpaired) electrons. The fourth-order valence-corrected chi connectivity index (χ4v) is 2.78. The first-order valence-corrected chi connectivity index (χ1v) is 9.14. The van der Waals surface area contributed by atoms with Crippen LogP contribution in [0.25, 0.3) is 5.69 Å². The summed E-state index contributed by atoms with van der Waals surface area (Å²) in [5, 5.41) is 10.9. The van der Waals surface area contributed by atoms with Crippen LogP contribution in [-0.2, 0) is 12.8 Å². The quantitative estimate of drug-likeness (QED) is 0.487. The zero-order chi connectivity index (χ0) is 19.8. The maximum Gasteiger partial charge on any atom is 0.190 e. The van der Waals surface area contributed by atoms with Crippen LogP contribution in [0.2, 0.25) is 0 Å². The van der Waals surface area contributed by atoms with Gasteiger partial charge in [0.05, 0.1) is 11.4 Å². The average molecular weight is 383 g/mol. The van der Waals surface area contributed by atoms with Crippen molar-refractivity contribution in [1.29, 1.82) is 0 Å². The molecule has 3 aromatic rings. The summed E-state index contributed by atoms with van der Waals surface area (Å²) in [6, 6.07) is 14.9. The summed E-state index contributed by atoms with van der Waals surface area (Å²) >= 11 is 0. The number of nitrogens with zero attached hydrogens (tertiary/aromatic N) is 3. The molecule has 1 aromatic heterocycles. The zero-order valence-corrected chi connectivity index (χ0v) is 15.7. The minimum Gasteiger partial charge on any atom is -0.356 e. The van der Waals surface area contributed by atoms with Gasteiger partial charge in [0, 0.05) is 32.8 Å². The van der Waals surface area contributed by atoms with E-state index in [-0.39, 0.29) is 11.6 Å². The van der Waals surface area contributed by atoms with E-state index in [0.717, 1.165) is 11.4 Å². The Morgan fingerprint density at radius 1 is 0.964 bits per heavy atom. The second-order valence-electron chi connectivity index (χ2n) is 6.25. The third-order valence-electron chi connectivity index (χ3n) is 4.28. The fourth-order valence-electron chi connectivity index (χ4n) is 2.78. The van der Waals surface area contributed by atoms with Crippen LogP contribution in [-0.4, -0.2) is 35.9 Å². The van der Waals surface area contributed by atoms with Crippen molar-refractivity contribution >= 4 is 5.96 Å². The lowest BCUT2D eigenvalue weighted by atomic mass is 10.1. The summed E-state index contributed by atoms with van der Waals surface area (Å²) in [4.78, 5) is 4.17. The summed E-state index contributed by atoms with van der Waals surface area (Å²) in [5.41, 5.74) is 2.40. The zero-order valence-electron chi connectivity index (χ0n) is 15.7. The van der Waals surface area contributed by atoms with Crippen molar-refractivity contribution in [1.82, 2.24) is 20.4 Å². The van der Waals surface area contributed by atoms with E-state index in [0.29, 0.717) is 37.5 Å². The van der Waals surface area contributed by atoms with Crippen molar-refractivity contribution in [2.45, 2.75) is 12.8 Å². The number of hydrogen-bond donors (Lipinski definition) is 2. The Balaban J connectivity index is 1.43. The van der Waals surface area contributed by atoms with E-state index in [4.69, 9.17) is 0 Å². The molecule has 3 rings (SSSR count). The largest absolute Gasteiger partial charge is 0.356 e. The van der Waals surface area contributed by atoms with Gasteiger partial charge in [0.2, 0.25) is 0 Å². The van der Waals surface area contributed by atoms with Gasteiger partial charge in [0.15, 0.2) is 5.96 Å². The van der Waals surface area contributed by atoms with E-state index >= 15 is 0 Å². The lowest BCUT2D eigenvalue weighted by Gasteiger charge is -2.11. The lowest BCUT2D eigenvalue weighted by Crippen LogP contribution is -2.39. The summed E-state index contributed by atoms with van der Waals surface area (Å²) in [6.45, 7) is 1.24. The van der Waals surface area contributed by atoms with Gasteiger partial charge < -0.3 is 10.6 Å². The molecule has 7 heteroatoms. The summed E-state index contributed by atoms with van der Waals surface area (Å²) in [5.74, 6) is 0.201. The van der Waals surface area contributed by atoms with Crippen LogP contribution in [0.4, 0.5) is 8.78 Å². The highest BCUT2D eigenvalue weighted by atomic mass is 19.1. The Bertz CT molecular complexity index is 919. The van der Waals surface area contributed by atoms with Crippen LogP contribution in [0.1, 0.15) is 11.3 Å². The van der Waals surface area contributed by atoms with Crippen LogP contribution in [0.15, 0.2) is 65.8 Å². The molecule has 0 atom stereocenters. The van der Waals surface area contributed by atoms with Crippen LogP contribution < -0.4 is 10.6 Å². The van der Waals surface area contributed by atoms with Crippen LogP contribution in [0.5, 0.6) is 0 Å². The maximum absolute atomic E-state index is 13.6. The van der Waals surface area contributed by atoms with Gasteiger partial charge >= 0.3 is 0 Å². The van der Waals surface area contributed by atoms with E-state index in [1.54, 1.807) is 36.0 Å². The predicted octanol–water partition coefficient (Wildman–Crippen LogP) is 3.10. The summed E-state index contributed by atoms with van der Waals surface area (Å²) < 4.78 is 28.4. The van der Waals surface area contributed by atoms with E-state index in [9.17, 15) is 8.78 Å². The number of hydrogen-bond acceptors (Lipinski definition) is 2. The molecule has 5 nitrogen and oxygen atoms in total. The number of aliphatic imine (C=N–C) groups is 1. The third kappa shape index (κ3) is 5.39. The van der Waals surface area contributed by atoms with Crippen molar-refractivity contribution < 1.29 is 8.78 Å². The van der Waals surface area contributed by atoms with Gasteiger partial charge in [-0.15, -0.1) is 0 Å². The molecule has 0 saturated heterocycles. The normalized spacial score (nSPS) is 11.5. The molecule has 0 bridgehead atoms. The van der Waals surface area contributed by atoms with Crippen molar-refractivity contribution in [3.05, 3.63) is 83.7 Å². The SMILES string of the molecule is CN=C(NCCc1ccn(-c2ccc(F)cc2)n1)NCCc1ccccc1F. The molecular formula is C21H23F2N5. The van der Waals surface area contributed by atoms with E-state index in [1.807, 2.05) is 18.3 Å². The van der Waals surface area contributed by atoms with Gasteiger partial charge in [-0.3, -0.25) is 4.99 Å². The van der Waals surface area contributed by atoms with E-state index in [1.165, 1.54) is 18.2 Å². The number of rotatable bonds is 7. The number of halogens is 2. The summed E-state index contributed by atoms with van der Waals surface area (Å²) in [7, 11) is 1.70. The molecule has 1 heterocycles. The number of guanidine groups is 1. The van der Waals surface area contributed by atoms with Crippen LogP contribution >= 0.6 is 0 Å². The molecular weight excluding hydrogens is 360 g/mol. The highest BCUT2D eigenvalue weighted by Gasteiger charge is 2.04. The molecule has 146 valence electrons. The Morgan fingerprint density at radius 3 is 2.39 bits per heavy atom. The number of benzene rings is 2. The first kappa shape index (κ1) is 19.5. The highest BCUT2D eigenvalue weighted by Crippen LogP contribution is 2.09. The number of aromatic nitrogens is 2. The van der Waals surface area contributed by atoms with Crippen molar-refractivity contribution in [2.24, 2.45) is 4.99 Å². The Hall–Kier alpha value is -3.22. The smallest absolute Gasteiger partial charge is 0.190 e. The van der Waals surface area contributed by atoms with Gasteiger partial charge in [-0.2, -0.15) is 5.10 Å². The van der Waals surface area contributed by atoms with E-state index in [2.05, 4.69) is 20.7 Å². The molecule has 0 fully saturated rings. The molecule has 0 aliphatic heterocycles. The summed E-state index contributed by atoms with van der Waals surface area (Å²) in [6.07, 6.45) is 3.14. The minimum atomic E-state index is -0.269. The van der Waals surface area contributed by atoms with Crippen molar-refractivity contribution in [3.8, 4) is 5.69 Å². The van der Waals surface area contributed by atoms with Gasteiger partial charge in [0.1, 0.15) is 11.6 Å². The standard InChI is InChI=1S/C21H23F2N5/c1-24-21(25-13-10-16-4-2-3-5-20(16)23)26-14-11-18-12-15-28(27-18)19-8-6-17(22)7-9-19/h2-9,12,15H,10-11,13-14H2,1H3,(H2,24,25,26). The monoisotopic (exact) mass is 383 g/mol. The van der Waals surface area contributed by atoms with E-state index < -0.39 is 0 Å². The topological polar surface area (TPSA) is 54.2 Å². The predicted molar refractivity (Wildman–Crippen MR) is 107 cm³/mol. The molecule has 2 N–H and O–H groups in total. The van der Waals surface area contributed by atoms with Gasteiger partial charge in [-0.1, -0.05) is 18.2 Å². The molecule has 0 aliphatic rings. The Morgan fingerprint density at radius 2 is 1.68 bits per heavy atom. The first-order chi connectivity index (χ1) is 13.7. The molecule has 0 saturated carbocycles. The molecule has 0 amide bonds. The molecule has 28 heavy (non-hydrogen) atoms. The highest BCUT2D eigenvalue weighted by molar-refractivity contribution is 5.79. The third-order valence-corrected chi connectivity index (χ3v) is 4.28. The van der Waals surface area contributed by atoms with Gasteiger partial charge in [-0.05, 0) is 48.4 Å². The van der Waals surface area contributed by atoms with Gasteiger partial charge in [0.25, 0.3) is 0 Å². The van der Waals surface area contributed by atoms with Crippen LogP contribution in [0, 0.1) is 11.6 Å². The second-order valence-corrected chi connectivity index (χ2v) is 6.25. The lowest BCUT2D eigenvalue weighted by molar-refractivity contribution is 0.606. The number of nitrogens with one attached hydrogen (secondary N) is 2. The first-order valence-electron chi connectivity index (χ1n) is 9.14. The fraction of sp³-hybridized carbons (Fsp3) is 0.238. The Kier molecular flexibility index (Phi) is 6.73. The van der Waals surface area contributed by atoms with Crippen molar-refractivity contribution in [2.75, 3.05) is 20.1 Å².